The lowest BCUT2D eigenvalue weighted by molar-refractivity contribution is 0.0367. The van der Waals surface area contributed by atoms with Gasteiger partial charge in [0.15, 0.2) is 11.9 Å². The van der Waals surface area contributed by atoms with Crippen molar-refractivity contribution < 1.29 is 19.1 Å². The third-order valence-electron chi connectivity index (χ3n) is 4.38. The van der Waals surface area contributed by atoms with Crippen LogP contribution in [0.5, 0.6) is 5.75 Å². The highest BCUT2D eigenvalue weighted by Gasteiger charge is 2.28. The molecule has 0 saturated heterocycles. The van der Waals surface area contributed by atoms with E-state index in [0.717, 1.165) is 0 Å². The number of ether oxygens (including phenoxy) is 2. The van der Waals surface area contributed by atoms with Crippen LogP contribution in [0.2, 0.25) is 5.02 Å². The molecule has 146 valence electrons. The average molecular weight is 407 g/mol. The van der Waals surface area contributed by atoms with Crippen molar-refractivity contribution in [2.45, 2.75) is 6.10 Å². The number of hydrogen-bond acceptors (Lipinski definition) is 4. The molecule has 0 spiro atoms. The SMILES string of the molecule is C=C(C(=O)c1ccc(OC)cc1)C(OC(=O)c1ccccc1)c1ccccc1Cl. The standard InChI is InChI=1S/C24H19ClO4/c1-16(22(26)17-12-14-19(28-2)15-13-17)23(20-10-6-7-11-21(20)25)29-24(27)18-8-4-3-5-9-18/h3-15,23H,1H2,2H3. The molecule has 0 N–H and O–H groups in total. The molecule has 3 aromatic rings. The maximum absolute atomic E-state index is 13.0. The van der Waals surface area contributed by atoms with Gasteiger partial charge in [-0.05, 0) is 42.5 Å². The van der Waals surface area contributed by atoms with E-state index in [1.165, 1.54) is 0 Å². The monoisotopic (exact) mass is 406 g/mol. The molecule has 0 aromatic heterocycles. The van der Waals surface area contributed by atoms with Crippen LogP contribution in [0.15, 0.2) is 91.0 Å². The second-order valence-electron chi connectivity index (χ2n) is 6.26. The summed E-state index contributed by atoms with van der Waals surface area (Å²) in [7, 11) is 1.55. The van der Waals surface area contributed by atoms with Crippen molar-refractivity contribution in [1.29, 1.82) is 0 Å². The van der Waals surface area contributed by atoms with Crippen molar-refractivity contribution in [2.75, 3.05) is 7.11 Å². The highest BCUT2D eigenvalue weighted by atomic mass is 35.5. The maximum atomic E-state index is 13.0. The zero-order valence-corrected chi connectivity index (χ0v) is 16.6. The molecule has 0 saturated carbocycles. The van der Waals surface area contributed by atoms with Crippen molar-refractivity contribution >= 4 is 23.4 Å². The van der Waals surface area contributed by atoms with Crippen LogP contribution >= 0.6 is 11.6 Å². The van der Waals surface area contributed by atoms with Gasteiger partial charge < -0.3 is 9.47 Å². The van der Waals surface area contributed by atoms with E-state index in [2.05, 4.69) is 6.58 Å². The van der Waals surface area contributed by atoms with E-state index in [-0.39, 0.29) is 11.4 Å². The van der Waals surface area contributed by atoms with Crippen LogP contribution in [0, 0.1) is 0 Å². The van der Waals surface area contributed by atoms with Crippen molar-refractivity contribution in [3.8, 4) is 5.75 Å². The molecule has 4 nitrogen and oxygen atoms in total. The molecule has 0 aliphatic heterocycles. The number of benzene rings is 3. The molecule has 3 aromatic carbocycles. The third-order valence-corrected chi connectivity index (χ3v) is 4.73. The number of carbonyl (C=O) groups excluding carboxylic acids is 2. The average Bonchev–Trinajstić information content (AvgIpc) is 2.77. The third kappa shape index (κ3) is 4.73. The molecule has 29 heavy (non-hydrogen) atoms. The number of esters is 1. The van der Waals surface area contributed by atoms with Gasteiger partial charge in [-0.1, -0.05) is 54.6 Å². The van der Waals surface area contributed by atoms with Crippen LogP contribution in [-0.4, -0.2) is 18.9 Å². The second kappa shape index (κ2) is 9.22. The number of halogens is 1. The Morgan fingerprint density at radius 1 is 0.862 bits per heavy atom. The largest absolute Gasteiger partial charge is 0.497 e. The first kappa shape index (κ1) is 20.4. The van der Waals surface area contributed by atoms with Gasteiger partial charge in [0.05, 0.1) is 12.7 Å². The van der Waals surface area contributed by atoms with Crippen LogP contribution in [0.4, 0.5) is 0 Å². The number of ketones is 1. The zero-order chi connectivity index (χ0) is 20.8. The van der Waals surface area contributed by atoms with E-state index < -0.39 is 12.1 Å². The maximum Gasteiger partial charge on any atom is 0.339 e. The summed E-state index contributed by atoms with van der Waals surface area (Å²) >= 11 is 6.32. The lowest BCUT2D eigenvalue weighted by Crippen LogP contribution is -2.18. The van der Waals surface area contributed by atoms with Crippen molar-refractivity contribution in [3.05, 3.63) is 113 Å². The van der Waals surface area contributed by atoms with Gasteiger partial charge in [0, 0.05) is 21.7 Å². The predicted octanol–water partition coefficient (Wildman–Crippen LogP) is 5.69. The Kier molecular flexibility index (Phi) is 6.47. The first-order valence-electron chi connectivity index (χ1n) is 8.89. The highest BCUT2D eigenvalue weighted by molar-refractivity contribution is 6.31. The number of carbonyl (C=O) groups is 2. The fraction of sp³-hybridized carbons (Fsp3) is 0.0833. The van der Waals surface area contributed by atoms with Crippen LogP contribution < -0.4 is 4.74 Å². The summed E-state index contributed by atoms with van der Waals surface area (Å²) in [5.41, 5.74) is 1.37. The molecule has 1 atom stereocenters. The molecule has 0 fully saturated rings. The minimum absolute atomic E-state index is 0.104. The molecule has 0 heterocycles. The van der Waals surface area contributed by atoms with Gasteiger partial charge in [0.25, 0.3) is 0 Å². The first-order chi connectivity index (χ1) is 14.0. The van der Waals surface area contributed by atoms with Gasteiger partial charge in [-0.15, -0.1) is 0 Å². The molecule has 0 amide bonds. The number of Topliss-reactive ketones (excluding diaryl/α,β-unsaturated/α-hetero) is 1. The topological polar surface area (TPSA) is 52.6 Å². The summed E-state index contributed by atoms with van der Waals surface area (Å²) in [4.78, 5) is 25.7. The molecule has 0 bridgehead atoms. The van der Waals surface area contributed by atoms with Gasteiger partial charge in [-0.3, -0.25) is 4.79 Å². The fourth-order valence-electron chi connectivity index (χ4n) is 2.81. The van der Waals surface area contributed by atoms with Crippen molar-refractivity contribution in [2.24, 2.45) is 0 Å². The van der Waals surface area contributed by atoms with Gasteiger partial charge in [0.1, 0.15) is 5.75 Å². The lowest BCUT2D eigenvalue weighted by Gasteiger charge is -2.21. The Labute approximate surface area is 174 Å². The summed E-state index contributed by atoms with van der Waals surface area (Å²) in [5.74, 6) is -0.289. The first-order valence-corrected chi connectivity index (χ1v) is 9.27. The van der Waals surface area contributed by atoms with E-state index in [0.29, 0.717) is 27.5 Å². The van der Waals surface area contributed by atoms with Crippen molar-refractivity contribution in [1.82, 2.24) is 0 Å². The Hall–Kier alpha value is -3.37. The summed E-state index contributed by atoms with van der Waals surface area (Å²) in [6, 6.07) is 22.1. The fourth-order valence-corrected chi connectivity index (χ4v) is 3.04. The molecule has 5 heteroatoms. The summed E-state index contributed by atoms with van der Waals surface area (Å²) in [5, 5.41) is 0.377. The number of hydrogen-bond donors (Lipinski definition) is 0. The molecular weight excluding hydrogens is 388 g/mol. The normalized spacial score (nSPS) is 11.4. The molecule has 0 radical (unpaired) electrons. The molecule has 3 rings (SSSR count). The van der Waals surface area contributed by atoms with E-state index in [4.69, 9.17) is 21.1 Å². The summed E-state index contributed by atoms with van der Waals surface area (Å²) in [6.45, 7) is 3.92. The van der Waals surface area contributed by atoms with Crippen LogP contribution in [0.3, 0.4) is 0 Å². The van der Waals surface area contributed by atoms with Gasteiger partial charge in [-0.2, -0.15) is 0 Å². The van der Waals surface area contributed by atoms with Crippen LogP contribution in [0.25, 0.3) is 0 Å². The smallest absolute Gasteiger partial charge is 0.339 e. The Morgan fingerprint density at radius 3 is 2.10 bits per heavy atom. The van der Waals surface area contributed by atoms with Crippen molar-refractivity contribution in [3.63, 3.8) is 0 Å². The quantitative estimate of drug-likeness (QED) is 0.287. The van der Waals surface area contributed by atoms with Crippen LogP contribution in [-0.2, 0) is 4.74 Å². The predicted molar refractivity (Wildman–Crippen MR) is 113 cm³/mol. The molecule has 1 unspecified atom stereocenters. The Bertz CT molecular complexity index is 1030. The van der Waals surface area contributed by atoms with E-state index >= 15 is 0 Å². The minimum Gasteiger partial charge on any atom is -0.497 e. The number of rotatable bonds is 7. The lowest BCUT2D eigenvalue weighted by atomic mass is 9.95. The molecular formula is C24H19ClO4. The Morgan fingerprint density at radius 2 is 1.48 bits per heavy atom. The molecule has 0 aliphatic rings. The molecule has 0 aliphatic carbocycles. The van der Waals surface area contributed by atoms with Crippen LogP contribution in [0.1, 0.15) is 32.4 Å². The van der Waals surface area contributed by atoms with E-state index in [1.54, 1.807) is 86.0 Å². The zero-order valence-electron chi connectivity index (χ0n) is 15.8. The van der Waals surface area contributed by atoms with E-state index in [9.17, 15) is 9.59 Å². The van der Waals surface area contributed by atoms with E-state index in [1.807, 2.05) is 0 Å². The Balaban J connectivity index is 1.93. The number of methoxy groups -OCH3 is 1. The second-order valence-corrected chi connectivity index (χ2v) is 6.66. The van der Waals surface area contributed by atoms with Gasteiger partial charge in [-0.25, -0.2) is 4.79 Å². The highest BCUT2D eigenvalue weighted by Crippen LogP contribution is 2.33. The minimum atomic E-state index is -1.02. The summed E-state index contributed by atoms with van der Waals surface area (Å²) in [6.07, 6.45) is -1.02. The summed E-state index contributed by atoms with van der Waals surface area (Å²) < 4.78 is 10.8. The van der Waals surface area contributed by atoms with Gasteiger partial charge >= 0.3 is 5.97 Å². The van der Waals surface area contributed by atoms with Gasteiger partial charge in [0.2, 0.25) is 0 Å².